The van der Waals surface area contributed by atoms with Crippen LogP contribution >= 0.6 is 0 Å². The van der Waals surface area contributed by atoms with Crippen molar-refractivity contribution in [2.75, 3.05) is 16.0 Å². The van der Waals surface area contributed by atoms with Crippen molar-refractivity contribution in [2.24, 2.45) is 0 Å². The van der Waals surface area contributed by atoms with Crippen molar-refractivity contribution in [2.45, 2.75) is 13.8 Å². The first-order valence-electron chi connectivity index (χ1n) is 12.7. The van der Waals surface area contributed by atoms with Crippen LogP contribution < -0.4 is 16.0 Å². The van der Waals surface area contributed by atoms with Gasteiger partial charge in [0.1, 0.15) is 0 Å². The fourth-order valence-corrected chi connectivity index (χ4v) is 5.39. The van der Waals surface area contributed by atoms with Gasteiger partial charge in [-0.2, -0.15) is 0 Å². The second kappa shape index (κ2) is 9.49. The predicted octanol–water partition coefficient (Wildman–Crippen LogP) is 4.90. The second-order valence-electron chi connectivity index (χ2n) is 9.72. The molecule has 41 heavy (non-hydrogen) atoms. The molecule has 3 N–H and O–H groups in total. The zero-order valence-corrected chi connectivity index (χ0v) is 21.9. The molecule has 6 rings (SSSR count). The fourth-order valence-electron chi connectivity index (χ4n) is 5.39. The van der Waals surface area contributed by atoms with Crippen molar-refractivity contribution in [3.63, 3.8) is 0 Å². The summed E-state index contributed by atoms with van der Waals surface area (Å²) in [7, 11) is 0. The number of benzene rings is 4. The molecule has 0 saturated heterocycles. The molecule has 9 heteroatoms. The number of carbonyl (C=O) groups is 6. The summed E-state index contributed by atoms with van der Waals surface area (Å²) in [6.07, 6.45) is 0. The van der Waals surface area contributed by atoms with E-state index in [1.807, 2.05) is 0 Å². The highest BCUT2D eigenvalue weighted by Gasteiger charge is 2.37. The SMILES string of the molecule is CC(=O)Nc1ccc(Nc2ccc(NC(C)=O)c3c2C(=O)c2ccccc2C3=O)c2c1C(=O)c1ccccc1C2=O. The van der Waals surface area contributed by atoms with Crippen molar-refractivity contribution >= 4 is 57.7 Å². The highest BCUT2D eigenvalue weighted by Crippen LogP contribution is 2.41. The van der Waals surface area contributed by atoms with E-state index in [0.717, 1.165) is 0 Å². The Labute approximate surface area is 233 Å². The molecule has 0 fully saturated rings. The van der Waals surface area contributed by atoms with E-state index < -0.39 is 34.9 Å². The van der Waals surface area contributed by atoms with Crippen LogP contribution in [0.3, 0.4) is 0 Å². The summed E-state index contributed by atoms with van der Waals surface area (Å²) < 4.78 is 0. The van der Waals surface area contributed by atoms with Crippen molar-refractivity contribution in [3.8, 4) is 0 Å². The van der Waals surface area contributed by atoms with Crippen LogP contribution in [0.15, 0.2) is 72.8 Å². The van der Waals surface area contributed by atoms with Gasteiger partial charge in [-0.15, -0.1) is 0 Å². The van der Waals surface area contributed by atoms with Crippen LogP contribution in [0.4, 0.5) is 22.7 Å². The largest absolute Gasteiger partial charge is 0.354 e. The van der Waals surface area contributed by atoms with E-state index in [2.05, 4.69) is 16.0 Å². The molecule has 2 amide bonds. The van der Waals surface area contributed by atoms with Crippen LogP contribution in [0.5, 0.6) is 0 Å². The first-order valence-corrected chi connectivity index (χ1v) is 12.7. The van der Waals surface area contributed by atoms with E-state index in [0.29, 0.717) is 0 Å². The second-order valence-corrected chi connectivity index (χ2v) is 9.72. The average Bonchev–Trinajstić information content (AvgIpc) is 2.95. The van der Waals surface area contributed by atoms with Gasteiger partial charge >= 0.3 is 0 Å². The summed E-state index contributed by atoms with van der Waals surface area (Å²) in [5, 5.41) is 8.37. The molecule has 9 nitrogen and oxygen atoms in total. The van der Waals surface area contributed by atoms with E-state index in [9.17, 15) is 28.8 Å². The zero-order chi connectivity index (χ0) is 29.0. The summed E-state index contributed by atoms with van der Waals surface area (Å²) in [6.45, 7) is 2.59. The van der Waals surface area contributed by atoms with Crippen LogP contribution in [0.1, 0.15) is 77.5 Å². The van der Waals surface area contributed by atoms with E-state index in [1.54, 1.807) is 48.5 Å². The minimum absolute atomic E-state index is 0.0189. The first-order chi connectivity index (χ1) is 19.7. The van der Waals surface area contributed by atoms with E-state index >= 15 is 0 Å². The number of hydrogen-bond acceptors (Lipinski definition) is 7. The quantitative estimate of drug-likeness (QED) is 0.288. The molecule has 0 atom stereocenters. The van der Waals surface area contributed by atoms with Crippen LogP contribution in [-0.4, -0.2) is 34.9 Å². The van der Waals surface area contributed by atoms with Gasteiger partial charge in [0.25, 0.3) is 0 Å². The Morgan fingerprint density at radius 2 is 0.707 bits per heavy atom. The van der Waals surface area contributed by atoms with E-state index in [4.69, 9.17) is 0 Å². The maximum atomic E-state index is 13.8. The Kier molecular flexibility index (Phi) is 5.92. The molecule has 0 heterocycles. The van der Waals surface area contributed by atoms with Crippen molar-refractivity contribution in [1.82, 2.24) is 0 Å². The number of fused-ring (bicyclic) bond motifs is 4. The molecular weight excluding hydrogens is 522 g/mol. The number of rotatable bonds is 4. The first kappa shape index (κ1) is 25.6. The lowest BCUT2D eigenvalue weighted by Crippen LogP contribution is -2.26. The van der Waals surface area contributed by atoms with Gasteiger partial charge in [-0.1, -0.05) is 48.5 Å². The van der Waals surface area contributed by atoms with Crippen LogP contribution in [0.2, 0.25) is 0 Å². The highest BCUT2D eigenvalue weighted by molar-refractivity contribution is 6.34. The van der Waals surface area contributed by atoms with Gasteiger partial charge in [0, 0.05) is 36.1 Å². The van der Waals surface area contributed by atoms with Gasteiger partial charge in [0.15, 0.2) is 23.1 Å². The van der Waals surface area contributed by atoms with E-state index in [-0.39, 0.29) is 67.3 Å². The molecule has 4 aromatic carbocycles. The summed E-state index contributed by atoms with van der Waals surface area (Å²) in [4.78, 5) is 78.6. The molecular formula is C32H21N3O6. The third-order valence-electron chi connectivity index (χ3n) is 7.04. The number of amides is 2. The Hall–Kier alpha value is -5.70. The molecule has 4 aromatic rings. The zero-order valence-electron chi connectivity index (χ0n) is 21.9. The molecule has 2 aliphatic carbocycles. The molecule has 0 spiro atoms. The molecule has 0 bridgehead atoms. The van der Waals surface area contributed by atoms with Gasteiger partial charge < -0.3 is 16.0 Å². The normalized spacial score (nSPS) is 13.0. The summed E-state index contributed by atoms with van der Waals surface area (Å²) in [5.74, 6) is -2.60. The molecule has 0 saturated carbocycles. The highest BCUT2D eigenvalue weighted by atomic mass is 16.2. The number of hydrogen-bond donors (Lipinski definition) is 3. The number of ketones is 4. The summed E-state index contributed by atoms with van der Waals surface area (Å²) in [6, 6.07) is 18.9. The molecule has 2 aliphatic rings. The van der Waals surface area contributed by atoms with Crippen LogP contribution in [0, 0.1) is 0 Å². The van der Waals surface area contributed by atoms with Gasteiger partial charge in [0.05, 0.1) is 45.0 Å². The van der Waals surface area contributed by atoms with Crippen LogP contribution in [0.25, 0.3) is 0 Å². The van der Waals surface area contributed by atoms with Gasteiger partial charge in [-0.3, -0.25) is 28.8 Å². The number of nitrogens with one attached hydrogen (secondary N) is 3. The Bertz CT molecular complexity index is 1770. The van der Waals surface area contributed by atoms with Crippen molar-refractivity contribution < 1.29 is 28.8 Å². The van der Waals surface area contributed by atoms with Crippen molar-refractivity contribution in [1.29, 1.82) is 0 Å². The minimum Gasteiger partial charge on any atom is -0.354 e. The van der Waals surface area contributed by atoms with E-state index in [1.165, 1.54) is 38.1 Å². The minimum atomic E-state index is -0.443. The van der Waals surface area contributed by atoms with Gasteiger partial charge in [0.2, 0.25) is 11.8 Å². The summed E-state index contributed by atoms with van der Waals surface area (Å²) >= 11 is 0. The molecule has 0 aromatic heterocycles. The molecule has 0 unspecified atom stereocenters. The number of anilines is 4. The van der Waals surface area contributed by atoms with Gasteiger partial charge in [-0.25, -0.2) is 0 Å². The Morgan fingerprint density at radius 3 is 1.00 bits per heavy atom. The third kappa shape index (κ3) is 4.02. The lowest BCUT2D eigenvalue weighted by atomic mass is 9.81. The Balaban J connectivity index is 1.56. The van der Waals surface area contributed by atoms with Gasteiger partial charge in [-0.05, 0) is 24.3 Å². The summed E-state index contributed by atoms with van der Waals surface area (Å²) in [5.41, 5.74) is 1.67. The smallest absolute Gasteiger partial charge is 0.221 e. The topological polar surface area (TPSA) is 139 Å². The molecule has 0 aliphatic heterocycles. The fraction of sp³-hybridized carbons (Fsp3) is 0.0625. The standard InChI is InChI=1S/C32H21N3O6/c1-15(36)33-21-11-13-23(27-25(21)29(38)17-7-3-5-9-19(17)31(27)40)35-24-14-12-22(34-16(2)37)26-28(24)32(41)20-10-6-4-8-18(20)30(26)39/h3-14,35H,1-2H3,(H,33,36)(H,34,37). The maximum absolute atomic E-state index is 13.8. The predicted molar refractivity (Wildman–Crippen MR) is 151 cm³/mol. The monoisotopic (exact) mass is 543 g/mol. The third-order valence-corrected chi connectivity index (χ3v) is 7.04. The lowest BCUT2D eigenvalue weighted by Gasteiger charge is -2.26. The maximum Gasteiger partial charge on any atom is 0.221 e. The van der Waals surface area contributed by atoms with Crippen molar-refractivity contribution in [3.05, 3.63) is 117 Å². The molecule has 0 radical (unpaired) electrons. The Morgan fingerprint density at radius 1 is 0.439 bits per heavy atom. The lowest BCUT2D eigenvalue weighted by molar-refractivity contribution is -0.115. The van der Waals surface area contributed by atoms with Crippen LogP contribution in [-0.2, 0) is 9.59 Å². The number of carbonyl (C=O) groups excluding carboxylic acids is 6. The molecule has 200 valence electrons. The average molecular weight is 544 g/mol.